The van der Waals surface area contributed by atoms with Gasteiger partial charge in [-0.15, -0.1) is 0 Å². The lowest BCUT2D eigenvalue weighted by atomic mass is 10.0. The fourth-order valence-electron chi connectivity index (χ4n) is 3.87. The third-order valence-corrected chi connectivity index (χ3v) is 5.31. The van der Waals surface area contributed by atoms with E-state index in [9.17, 15) is 4.79 Å². The third-order valence-electron chi connectivity index (χ3n) is 5.31. The van der Waals surface area contributed by atoms with Gasteiger partial charge in [0.1, 0.15) is 0 Å². The number of fused-ring (bicyclic) bond motifs is 1. The van der Waals surface area contributed by atoms with E-state index in [0.717, 1.165) is 45.9 Å². The van der Waals surface area contributed by atoms with Gasteiger partial charge in [-0.2, -0.15) is 0 Å². The van der Waals surface area contributed by atoms with Crippen LogP contribution in [0.25, 0.3) is 0 Å². The molecule has 0 saturated carbocycles. The van der Waals surface area contributed by atoms with E-state index in [0.29, 0.717) is 6.54 Å². The second-order valence-corrected chi connectivity index (χ2v) is 8.15. The van der Waals surface area contributed by atoms with Crippen molar-refractivity contribution in [3.05, 3.63) is 94.6 Å². The number of hydrogen-bond acceptors (Lipinski definition) is 5. The number of benzene rings is 1. The molecule has 0 fully saturated rings. The highest BCUT2D eigenvalue weighted by Gasteiger charge is 2.20. The average Bonchev–Trinajstić information content (AvgIpc) is 3.17. The van der Waals surface area contributed by atoms with E-state index in [2.05, 4.69) is 20.2 Å². The van der Waals surface area contributed by atoms with Gasteiger partial charge >= 0.3 is 0 Å². The third kappa shape index (κ3) is 5.03. The van der Waals surface area contributed by atoms with Crippen molar-refractivity contribution in [3.63, 3.8) is 0 Å². The van der Waals surface area contributed by atoms with Gasteiger partial charge in [0.15, 0.2) is 0 Å². The van der Waals surface area contributed by atoms with Crippen LogP contribution in [0.3, 0.4) is 0 Å². The molecular weight excluding hydrogens is 386 g/mol. The molecule has 0 saturated heterocycles. The SMILES string of the molecule is Cc1cc(C2=NCc3cc(CC(=O)N[C@H](CN(C)C)c4ccccc4)ncc32)ccn1. The van der Waals surface area contributed by atoms with Crippen molar-refractivity contribution in [1.82, 2.24) is 20.2 Å². The minimum Gasteiger partial charge on any atom is -0.348 e. The lowest BCUT2D eigenvalue weighted by Crippen LogP contribution is -2.36. The first-order valence-electron chi connectivity index (χ1n) is 10.4. The zero-order chi connectivity index (χ0) is 21.8. The van der Waals surface area contributed by atoms with Crippen LogP contribution in [-0.2, 0) is 17.8 Å². The van der Waals surface area contributed by atoms with Crippen LogP contribution in [0.4, 0.5) is 0 Å². The van der Waals surface area contributed by atoms with Crippen LogP contribution in [0.1, 0.15) is 39.7 Å². The molecule has 3 heterocycles. The summed E-state index contributed by atoms with van der Waals surface area (Å²) in [6.45, 7) is 3.31. The number of likely N-dealkylation sites (N-methyl/N-ethyl adjacent to an activating group) is 1. The van der Waals surface area contributed by atoms with E-state index in [1.807, 2.05) is 75.7 Å². The maximum atomic E-state index is 12.8. The van der Waals surface area contributed by atoms with Crippen LogP contribution >= 0.6 is 0 Å². The summed E-state index contributed by atoms with van der Waals surface area (Å²) in [7, 11) is 4.01. The summed E-state index contributed by atoms with van der Waals surface area (Å²) in [5.41, 5.74) is 6.94. The van der Waals surface area contributed by atoms with Gasteiger partial charge in [0.2, 0.25) is 5.91 Å². The lowest BCUT2D eigenvalue weighted by Gasteiger charge is -2.23. The van der Waals surface area contributed by atoms with Crippen LogP contribution < -0.4 is 5.32 Å². The average molecular weight is 414 g/mol. The number of aromatic nitrogens is 2. The summed E-state index contributed by atoms with van der Waals surface area (Å²) in [5.74, 6) is -0.0351. The van der Waals surface area contributed by atoms with E-state index < -0.39 is 0 Å². The van der Waals surface area contributed by atoms with Crippen molar-refractivity contribution < 1.29 is 4.79 Å². The Hall–Kier alpha value is -3.38. The maximum absolute atomic E-state index is 12.8. The predicted octanol–water partition coefficient (Wildman–Crippen LogP) is 3.10. The van der Waals surface area contributed by atoms with Gasteiger partial charge in [0.25, 0.3) is 0 Å². The number of aryl methyl sites for hydroxylation is 1. The molecule has 31 heavy (non-hydrogen) atoms. The number of hydrogen-bond donors (Lipinski definition) is 1. The highest BCUT2D eigenvalue weighted by Crippen LogP contribution is 2.23. The molecule has 4 rings (SSSR count). The number of carbonyl (C=O) groups is 1. The Labute approximate surface area is 183 Å². The van der Waals surface area contributed by atoms with Crippen LogP contribution in [0.5, 0.6) is 0 Å². The number of pyridine rings is 2. The normalized spacial score (nSPS) is 13.6. The maximum Gasteiger partial charge on any atom is 0.226 e. The molecule has 1 aromatic carbocycles. The van der Waals surface area contributed by atoms with Gasteiger partial charge < -0.3 is 10.2 Å². The fourth-order valence-corrected chi connectivity index (χ4v) is 3.87. The Morgan fingerprint density at radius 3 is 2.68 bits per heavy atom. The van der Waals surface area contributed by atoms with Crippen molar-refractivity contribution in [2.45, 2.75) is 25.9 Å². The van der Waals surface area contributed by atoms with Gasteiger partial charge in [-0.25, -0.2) is 0 Å². The van der Waals surface area contributed by atoms with Crippen LogP contribution in [0, 0.1) is 6.92 Å². The van der Waals surface area contributed by atoms with Crippen LogP contribution in [0.15, 0.2) is 65.9 Å². The Morgan fingerprint density at radius 2 is 1.94 bits per heavy atom. The van der Waals surface area contributed by atoms with Crippen molar-refractivity contribution in [2.75, 3.05) is 20.6 Å². The molecule has 0 bridgehead atoms. The summed E-state index contributed by atoms with van der Waals surface area (Å²) in [5, 5.41) is 3.17. The molecule has 1 N–H and O–H groups in total. The Bertz CT molecular complexity index is 1110. The molecule has 0 radical (unpaired) electrons. The van der Waals surface area contributed by atoms with Crippen LogP contribution in [0.2, 0.25) is 0 Å². The monoisotopic (exact) mass is 413 g/mol. The molecule has 0 aliphatic carbocycles. The predicted molar refractivity (Wildman–Crippen MR) is 122 cm³/mol. The molecule has 1 atom stereocenters. The smallest absolute Gasteiger partial charge is 0.226 e. The van der Waals surface area contributed by atoms with E-state index in [-0.39, 0.29) is 18.4 Å². The first-order valence-corrected chi connectivity index (χ1v) is 10.4. The quantitative estimate of drug-likeness (QED) is 0.646. The van der Waals surface area contributed by atoms with E-state index in [1.54, 1.807) is 6.20 Å². The summed E-state index contributed by atoms with van der Waals surface area (Å²) < 4.78 is 0. The van der Waals surface area contributed by atoms with E-state index in [4.69, 9.17) is 4.99 Å². The number of carbonyl (C=O) groups excluding carboxylic acids is 1. The topological polar surface area (TPSA) is 70.5 Å². The highest BCUT2D eigenvalue weighted by atomic mass is 16.1. The Kier molecular flexibility index (Phi) is 6.18. The Morgan fingerprint density at radius 1 is 1.13 bits per heavy atom. The summed E-state index contributed by atoms with van der Waals surface area (Å²) in [6, 6.07) is 16.0. The molecule has 158 valence electrons. The molecule has 1 aliphatic heterocycles. The zero-order valence-corrected chi connectivity index (χ0v) is 18.2. The summed E-state index contributed by atoms with van der Waals surface area (Å²) >= 11 is 0. The minimum atomic E-state index is -0.0667. The lowest BCUT2D eigenvalue weighted by molar-refractivity contribution is -0.121. The van der Waals surface area contributed by atoms with E-state index >= 15 is 0 Å². The molecule has 3 aromatic rings. The largest absolute Gasteiger partial charge is 0.348 e. The van der Waals surface area contributed by atoms with Crippen molar-refractivity contribution in [1.29, 1.82) is 0 Å². The minimum absolute atomic E-state index is 0.0351. The summed E-state index contributed by atoms with van der Waals surface area (Å²) in [6.07, 6.45) is 3.88. The summed E-state index contributed by atoms with van der Waals surface area (Å²) in [4.78, 5) is 28.4. The van der Waals surface area contributed by atoms with Crippen molar-refractivity contribution in [2.24, 2.45) is 4.99 Å². The standard InChI is InChI=1S/C25H27N5O/c1-17-11-19(9-10-26-17)25-22-15-27-21(12-20(22)14-28-25)13-24(31)29-23(16-30(2)3)18-7-5-4-6-8-18/h4-12,15,23H,13-14,16H2,1-3H3,(H,29,31)/t23-/m1/s1. The molecule has 1 amide bonds. The van der Waals surface area contributed by atoms with Crippen LogP contribution in [-0.4, -0.2) is 47.1 Å². The number of amides is 1. The van der Waals surface area contributed by atoms with E-state index in [1.165, 1.54) is 0 Å². The van der Waals surface area contributed by atoms with Crippen molar-refractivity contribution in [3.8, 4) is 0 Å². The van der Waals surface area contributed by atoms with Gasteiger partial charge in [0.05, 0.1) is 30.4 Å². The molecular formula is C25H27N5O. The number of nitrogens with zero attached hydrogens (tertiary/aromatic N) is 4. The van der Waals surface area contributed by atoms with Crippen molar-refractivity contribution >= 4 is 11.6 Å². The number of aliphatic imine (C=N–C) groups is 1. The highest BCUT2D eigenvalue weighted by molar-refractivity contribution is 6.15. The fraction of sp³-hybridized carbons (Fsp3) is 0.280. The number of rotatable bonds is 7. The van der Waals surface area contributed by atoms with Gasteiger partial charge in [-0.3, -0.25) is 19.8 Å². The second-order valence-electron chi connectivity index (χ2n) is 8.15. The first kappa shape index (κ1) is 20.9. The van der Waals surface area contributed by atoms with Gasteiger partial charge in [0, 0.05) is 35.8 Å². The Balaban J connectivity index is 1.46. The van der Waals surface area contributed by atoms with Gasteiger partial charge in [-0.05, 0) is 50.3 Å². The molecule has 2 aromatic heterocycles. The first-order chi connectivity index (χ1) is 15.0. The molecule has 1 aliphatic rings. The molecule has 0 spiro atoms. The van der Waals surface area contributed by atoms with Gasteiger partial charge in [-0.1, -0.05) is 30.3 Å². The second kappa shape index (κ2) is 9.18. The molecule has 0 unspecified atom stereocenters. The molecule has 6 heteroatoms. The zero-order valence-electron chi connectivity index (χ0n) is 18.2. The number of nitrogens with one attached hydrogen (secondary N) is 1. The molecule has 6 nitrogen and oxygen atoms in total.